The summed E-state index contributed by atoms with van der Waals surface area (Å²) >= 11 is 1.47. The molecule has 19 nitrogen and oxygen atoms in total. The molecule has 8 heterocycles. The molecule has 5 aromatic heterocycles. The third kappa shape index (κ3) is 16.6. The lowest BCUT2D eigenvalue weighted by Gasteiger charge is -2.41. The second-order valence-electron chi connectivity index (χ2n) is 18.7. The number of nitrogens with zero attached hydrogens (tertiary/aromatic N) is 7. The largest absolute Gasteiger partial charge is 0.490 e. The number of benzene rings is 1. The molecule has 6 N–H and O–H groups in total. The quantitative estimate of drug-likeness (QED) is 0.0656. The van der Waals surface area contributed by atoms with E-state index in [0.29, 0.717) is 85.6 Å². The predicted molar refractivity (Wildman–Crippen MR) is 266 cm³/mol. The highest BCUT2D eigenvalue weighted by atomic mass is 32.1. The van der Waals surface area contributed by atoms with Crippen molar-refractivity contribution < 1.29 is 64.5 Å². The summed E-state index contributed by atoms with van der Waals surface area (Å²) in [6, 6.07) is 15.7. The number of amides is 3. The molecule has 9 rings (SSSR count). The Hall–Kier alpha value is -6.81. The van der Waals surface area contributed by atoms with Gasteiger partial charge < -0.3 is 45.1 Å². The standard InChI is InChI=1S/C35H39F3N6O6S.C16H18F3N5O2/c36-35(37,38)20-41-34(48)28-18-43(17-25-7-8-30(50-25)23-14-39-21-40-15-23)9-10-44(28)16-24(45)12-22(13-26-4-3-11-51-26)33(47)42-32-27-5-1-2-6-31(27)49-19-29(32)46;17-16(18,19)9-23-15(25)13-8-24(4-3-22-13)7-12-1-2-14(26-12)11-5-20-10-21-6-11/h1-8,11,14-15,21-22,24,28-29,32,45-46H,9-10,12-13,16-20H2,(H,41,48)(H,42,47);1-2,5-6,10,13,22H,3-4,7-9H2,(H,23,25)/t22-,24-,28-,29+,32-;13-/m00/s1. The van der Waals surface area contributed by atoms with Crippen LogP contribution in [0, 0.1) is 5.92 Å². The molecule has 412 valence electrons. The number of aliphatic hydroxyl groups is 2. The lowest BCUT2D eigenvalue weighted by atomic mass is 9.93. The van der Waals surface area contributed by atoms with Crippen molar-refractivity contribution in [2.75, 3.05) is 65.5 Å². The molecule has 26 heteroatoms. The average Bonchev–Trinajstić information content (AvgIpc) is 4.23. The Bertz CT molecular complexity index is 2830. The number of halogens is 6. The number of hydrogen-bond donors (Lipinski definition) is 6. The summed E-state index contributed by atoms with van der Waals surface area (Å²) in [7, 11) is 0. The monoisotopic (exact) mass is 1100 g/mol. The van der Waals surface area contributed by atoms with Gasteiger partial charge in [-0.3, -0.25) is 29.1 Å². The van der Waals surface area contributed by atoms with Crippen molar-refractivity contribution in [2.24, 2.45) is 5.92 Å². The van der Waals surface area contributed by atoms with E-state index in [2.05, 4.69) is 30.6 Å². The Morgan fingerprint density at radius 1 is 0.766 bits per heavy atom. The maximum Gasteiger partial charge on any atom is 0.405 e. The minimum absolute atomic E-state index is 0.00696. The van der Waals surface area contributed by atoms with Crippen LogP contribution in [0.3, 0.4) is 0 Å². The molecule has 3 aliphatic rings. The van der Waals surface area contributed by atoms with Crippen LogP contribution in [0.4, 0.5) is 26.3 Å². The average molecular weight is 1100 g/mol. The highest BCUT2D eigenvalue weighted by Crippen LogP contribution is 2.33. The Morgan fingerprint density at radius 3 is 1.99 bits per heavy atom. The molecule has 2 saturated heterocycles. The molecule has 0 spiro atoms. The molecule has 0 unspecified atom stereocenters. The van der Waals surface area contributed by atoms with Crippen molar-refractivity contribution in [2.45, 2.75) is 68.6 Å². The van der Waals surface area contributed by atoms with E-state index < -0.39 is 73.5 Å². The number of thiophene rings is 1. The minimum atomic E-state index is -4.60. The van der Waals surface area contributed by atoms with Gasteiger partial charge in [-0.15, -0.1) is 11.3 Å². The number of hydrogen-bond acceptors (Lipinski definition) is 17. The number of ether oxygens (including phenoxy) is 1. The number of β-amino-alcohol motifs (C(OH)–C–C–N with tert-alkyl or cyclic N) is 1. The number of rotatable bonds is 18. The van der Waals surface area contributed by atoms with Gasteiger partial charge in [0.2, 0.25) is 17.7 Å². The summed E-state index contributed by atoms with van der Waals surface area (Å²) in [6.07, 6.45) is -1.42. The van der Waals surface area contributed by atoms with Crippen LogP contribution in [-0.4, -0.2) is 165 Å². The summed E-state index contributed by atoms with van der Waals surface area (Å²) in [5.74, 6) is 0.500. The van der Waals surface area contributed by atoms with Gasteiger partial charge in [-0.05, 0) is 54.6 Å². The predicted octanol–water partition coefficient (Wildman–Crippen LogP) is 4.37. The van der Waals surface area contributed by atoms with Gasteiger partial charge in [-0.1, -0.05) is 24.3 Å². The molecule has 2 fully saturated rings. The van der Waals surface area contributed by atoms with Crippen LogP contribution < -0.4 is 26.0 Å². The van der Waals surface area contributed by atoms with E-state index >= 15 is 0 Å². The fourth-order valence-electron chi connectivity index (χ4n) is 9.18. The van der Waals surface area contributed by atoms with Crippen LogP contribution in [0.25, 0.3) is 22.6 Å². The number of aliphatic hydroxyl groups excluding tert-OH is 2. The van der Waals surface area contributed by atoms with Crippen molar-refractivity contribution in [3.05, 3.63) is 125 Å². The van der Waals surface area contributed by atoms with Crippen molar-refractivity contribution in [3.8, 4) is 28.4 Å². The summed E-state index contributed by atoms with van der Waals surface area (Å²) in [6.45, 7) is 0.173. The Balaban J connectivity index is 0.000000252. The van der Waals surface area contributed by atoms with Crippen molar-refractivity contribution in [3.63, 3.8) is 0 Å². The minimum Gasteiger partial charge on any atom is -0.490 e. The lowest BCUT2D eigenvalue weighted by molar-refractivity contribution is -0.143. The smallest absolute Gasteiger partial charge is 0.405 e. The molecule has 3 aliphatic heterocycles. The molecule has 6 aromatic rings. The van der Waals surface area contributed by atoms with Crippen LogP contribution >= 0.6 is 11.3 Å². The Kier molecular flexibility index (Phi) is 19.1. The number of carbonyl (C=O) groups is 3. The molecule has 6 atom stereocenters. The molecule has 3 amide bonds. The topological polar surface area (TPSA) is 237 Å². The van der Waals surface area contributed by atoms with E-state index in [4.69, 9.17) is 13.6 Å². The number of piperazine rings is 2. The van der Waals surface area contributed by atoms with Gasteiger partial charge in [0.25, 0.3) is 0 Å². The van der Waals surface area contributed by atoms with E-state index in [1.54, 1.807) is 66.1 Å². The first-order valence-electron chi connectivity index (χ1n) is 24.6. The van der Waals surface area contributed by atoms with Gasteiger partial charge in [-0.25, -0.2) is 19.9 Å². The van der Waals surface area contributed by atoms with Crippen molar-refractivity contribution in [1.29, 1.82) is 0 Å². The van der Waals surface area contributed by atoms with Crippen molar-refractivity contribution >= 4 is 29.1 Å². The number of aromatic nitrogens is 4. The molecule has 0 aliphatic carbocycles. The zero-order chi connectivity index (χ0) is 54.5. The second kappa shape index (κ2) is 26.0. The first kappa shape index (κ1) is 56.4. The SMILES string of the molecule is O=C(NCC(F)(F)F)[C@@H]1CN(Cc2ccc(-c3cncnc3)o2)CCN1.O=C(N[C@H]1c2ccccc2OC[C@H]1O)[C@H](Cc1cccs1)C[C@H](O)CN1CCN(Cc2ccc(-c3cncnc3)o2)C[C@H]1C(=O)NCC(F)(F)F. The maximum atomic E-state index is 13.8. The van der Waals surface area contributed by atoms with Crippen LogP contribution in [-0.2, 0) is 33.9 Å². The fraction of sp³-hybridized carbons (Fsp3) is 0.431. The second-order valence-corrected chi connectivity index (χ2v) is 19.7. The summed E-state index contributed by atoms with van der Waals surface area (Å²) in [5, 5.41) is 33.8. The Labute approximate surface area is 442 Å². The van der Waals surface area contributed by atoms with E-state index in [-0.39, 0.29) is 38.6 Å². The van der Waals surface area contributed by atoms with E-state index in [9.17, 15) is 50.9 Å². The van der Waals surface area contributed by atoms with Crippen LogP contribution in [0.5, 0.6) is 5.75 Å². The molecule has 1 aromatic carbocycles. The lowest BCUT2D eigenvalue weighted by Crippen LogP contribution is -2.60. The normalized spacial score (nSPS) is 20.2. The van der Waals surface area contributed by atoms with Crippen molar-refractivity contribution in [1.82, 2.24) is 55.9 Å². The van der Waals surface area contributed by atoms with E-state index in [1.165, 1.54) is 24.0 Å². The first-order valence-corrected chi connectivity index (χ1v) is 25.5. The van der Waals surface area contributed by atoms with E-state index in [1.807, 2.05) is 50.1 Å². The molecule has 0 radical (unpaired) electrons. The van der Waals surface area contributed by atoms with Gasteiger partial charge in [-0.2, -0.15) is 26.3 Å². The molecular formula is C51H57F6N11O8S. The van der Waals surface area contributed by atoms with Crippen LogP contribution in [0.1, 0.15) is 34.4 Å². The highest BCUT2D eigenvalue weighted by molar-refractivity contribution is 7.09. The summed E-state index contributed by atoms with van der Waals surface area (Å²) in [4.78, 5) is 61.2. The number of para-hydroxylation sites is 1. The third-order valence-corrected chi connectivity index (χ3v) is 13.8. The maximum absolute atomic E-state index is 13.8. The molecule has 77 heavy (non-hydrogen) atoms. The van der Waals surface area contributed by atoms with Crippen LogP contribution in [0.2, 0.25) is 0 Å². The number of furan rings is 2. The summed E-state index contributed by atoms with van der Waals surface area (Å²) < 4.78 is 93.3. The van der Waals surface area contributed by atoms with Gasteiger partial charge in [0.05, 0.1) is 42.4 Å². The Morgan fingerprint density at radius 2 is 1.38 bits per heavy atom. The van der Waals surface area contributed by atoms with Crippen LogP contribution in [0.15, 0.2) is 112 Å². The molecule has 0 bridgehead atoms. The third-order valence-electron chi connectivity index (χ3n) is 12.9. The number of carbonyl (C=O) groups excluding carboxylic acids is 3. The zero-order valence-electron chi connectivity index (χ0n) is 41.3. The van der Waals surface area contributed by atoms with E-state index in [0.717, 1.165) is 10.4 Å². The number of nitrogens with one attached hydrogen (secondary N) is 4. The highest BCUT2D eigenvalue weighted by Gasteiger charge is 2.38. The van der Waals surface area contributed by atoms with Gasteiger partial charge in [0, 0.05) is 87.0 Å². The van der Waals surface area contributed by atoms with Gasteiger partial charge >= 0.3 is 12.4 Å². The fourth-order valence-corrected chi connectivity index (χ4v) is 9.97. The molecular weight excluding hydrogens is 1040 g/mol. The summed E-state index contributed by atoms with van der Waals surface area (Å²) in [5.41, 5.74) is 2.08. The number of fused-ring (bicyclic) bond motifs is 1. The molecule has 0 saturated carbocycles. The van der Waals surface area contributed by atoms with Gasteiger partial charge in [0.1, 0.15) is 73.3 Å². The first-order chi connectivity index (χ1) is 36.9. The zero-order valence-corrected chi connectivity index (χ0v) is 42.1. The van der Waals surface area contributed by atoms with Gasteiger partial charge in [0.15, 0.2) is 0 Å². The number of alkyl halides is 6.